The average molecular weight is 251 g/mol. The molecule has 0 aliphatic heterocycles. The molecule has 2 nitrogen and oxygen atoms in total. The molecule has 0 bridgehead atoms. The van der Waals surface area contributed by atoms with Gasteiger partial charge in [-0.3, -0.25) is 0 Å². The number of hydrogen-bond acceptors (Lipinski definition) is 2. The summed E-state index contributed by atoms with van der Waals surface area (Å²) in [6.07, 6.45) is 0. The smallest absolute Gasteiger partial charge is 0.134 e. The van der Waals surface area contributed by atoms with E-state index < -0.39 is 0 Å². The summed E-state index contributed by atoms with van der Waals surface area (Å²) in [7, 11) is 1.95. The first-order chi connectivity index (χ1) is 9.28. The molecule has 1 N–H and O–H groups in total. The number of nitrogens with one attached hydrogen (secondary N) is 1. The van der Waals surface area contributed by atoms with Gasteiger partial charge in [-0.25, -0.2) is 0 Å². The van der Waals surface area contributed by atoms with Crippen LogP contribution in [0.4, 0.5) is 0 Å². The van der Waals surface area contributed by atoms with Crippen molar-refractivity contribution in [1.82, 2.24) is 5.32 Å². The van der Waals surface area contributed by atoms with Gasteiger partial charge in [-0.2, -0.15) is 0 Å². The van der Waals surface area contributed by atoms with Crippen LogP contribution in [0.2, 0.25) is 0 Å². The Morgan fingerprint density at radius 3 is 2.53 bits per heavy atom. The molecular weight excluding hydrogens is 234 g/mol. The summed E-state index contributed by atoms with van der Waals surface area (Å²) in [4.78, 5) is 0. The van der Waals surface area contributed by atoms with Crippen LogP contribution in [-0.4, -0.2) is 7.05 Å². The highest BCUT2D eigenvalue weighted by Crippen LogP contribution is 2.28. The molecule has 0 saturated heterocycles. The van der Waals surface area contributed by atoms with E-state index in [1.807, 2.05) is 31.3 Å². The molecule has 96 valence electrons. The lowest BCUT2D eigenvalue weighted by molar-refractivity contribution is 0.491. The fraction of sp³-hybridized carbons (Fsp3) is 0.176. The molecule has 19 heavy (non-hydrogen) atoms. The van der Waals surface area contributed by atoms with E-state index in [9.17, 15) is 0 Å². The molecule has 0 amide bonds. The fourth-order valence-corrected chi connectivity index (χ4v) is 2.44. The number of aryl methyl sites for hydroxylation is 1. The second-order valence-corrected chi connectivity index (χ2v) is 4.82. The molecule has 0 fully saturated rings. The van der Waals surface area contributed by atoms with Crippen molar-refractivity contribution in [1.29, 1.82) is 0 Å². The summed E-state index contributed by atoms with van der Waals surface area (Å²) in [6.45, 7) is 2.10. The van der Waals surface area contributed by atoms with Crippen LogP contribution in [0.25, 0.3) is 11.0 Å². The number of fused-ring (bicyclic) bond motifs is 1. The average Bonchev–Trinajstić information content (AvgIpc) is 2.83. The molecule has 1 atom stereocenters. The second kappa shape index (κ2) is 4.90. The van der Waals surface area contributed by atoms with E-state index in [2.05, 4.69) is 42.6 Å². The Labute approximate surface area is 113 Å². The summed E-state index contributed by atoms with van der Waals surface area (Å²) in [5, 5.41) is 4.47. The number of hydrogen-bond donors (Lipinski definition) is 1. The molecule has 0 saturated carbocycles. The Morgan fingerprint density at radius 2 is 1.79 bits per heavy atom. The van der Waals surface area contributed by atoms with E-state index in [1.165, 1.54) is 11.1 Å². The van der Waals surface area contributed by atoms with Gasteiger partial charge in [0.25, 0.3) is 0 Å². The highest BCUT2D eigenvalue weighted by atomic mass is 16.3. The van der Waals surface area contributed by atoms with Gasteiger partial charge in [0, 0.05) is 5.39 Å². The fourth-order valence-electron chi connectivity index (χ4n) is 2.44. The van der Waals surface area contributed by atoms with Gasteiger partial charge >= 0.3 is 0 Å². The zero-order valence-electron chi connectivity index (χ0n) is 11.2. The molecule has 0 radical (unpaired) electrons. The van der Waals surface area contributed by atoms with Crippen LogP contribution in [-0.2, 0) is 0 Å². The third-order valence-corrected chi connectivity index (χ3v) is 3.40. The molecule has 2 aromatic carbocycles. The predicted molar refractivity (Wildman–Crippen MR) is 78.3 cm³/mol. The monoisotopic (exact) mass is 251 g/mol. The van der Waals surface area contributed by atoms with E-state index in [-0.39, 0.29) is 6.04 Å². The van der Waals surface area contributed by atoms with Crippen LogP contribution in [0.1, 0.15) is 22.9 Å². The number of benzene rings is 2. The molecule has 1 unspecified atom stereocenters. The molecular formula is C17H17NO. The van der Waals surface area contributed by atoms with Gasteiger partial charge in [-0.1, -0.05) is 42.0 Å². The SMILES string of the molecule is CNC(c1ccccc1)c1cc2cc(C)ccc2o1. The van der Waals surface area contributed by atoms with Crippen molar-refractivity contribution in [3.8, 4) is 0 Å². The maximum Gasteiger partial charge on any atom is 0.134 e. The van der Waals surface area contributed by atoms with Crippen LogP contribution in [0, 0.1) is 6.92 Å². The normalized spacial score (nSPS) is 12.7. The minimum absolute atomic E-state index is 0.0916. The Hall–Kier alpha value is -2.06. The van der Waals surface area contributed by atoms with E-state index in [4.69, 9.17) is 4.42 Å². The van der Waals surface area contributed by atoms with Gasteiger partial charge in [-0.15, -0.1) is 0 Å². The van der Waals surface area contributed by atoms with E-state index in [0.29, 0.717) is 0 Å². The predicted octanol–water partition coefficient (Wildman–Crippen LogP) is 4.05. The lowest BCUT2D eigenvalue weighted by Gasteiger charge is -2.13. The largest absolute Gasteiger partial charge is 0.459 e. The topological polar surface area (TPSA) is 25.2 Å². The third kappa shape index (κ3) is 2.27. The molecule has 1 heterocycles. The van der Waals surface area contributed by atoms with Crippen molar-refractivity contribution in [2.75, 3.05) is 7.05 Å². The molecule has 0 aliphatic rings. The zero-order valence-corrected chi connectivity index (χ0v) is 11.2. The van der Waals surface area contributed by atoms with Gasteiger partial charge < -0.3 is 9.73 Å². The zero-order chi connectivity index (χ0) is 13.2. The van der Waals surface area contributed by atoms with Crippen LogP contribution >= 0.6 is 0 Å². The molecule has 3 rings (SSSR count). The Kier molecular flexibility index (Phi) is 3.10. The highest BCUT2D eigenvalue weighted by Gasteiger charge is 2.16. The Bertz CT molecular complexity index is 685. The second-order valence-electron chi connectivity index (χ2n) is 4.82. The molecule has 3 aromatic rings. The van der Waals surface area contributed by atoms with Crippen molar-refractivity contribution < 1.29 is 4.42 Å². The Balaban J connectivity index is 2.07. The summed E-state index contributed by atoms with van der Waals surface area (Å²) in [6, 6.07) is 18.8. The highest BCUT2D eigenvalue weighted by molar-refractivity contribution is 5.78. The van der Waals surface area contributed by atoms with Gasteiger partial charge in [0.05, 0.1) is 6.04 Å². The molecule has 2 heteroatoms. The first-order valence-corrected chi connectivity index (χ1v) is 6.50. The van der Waals surface area contributed by atoms with Crippen molar-refractivity contribution >= 4 is 11.0 Å². The summed E-state index contributed by atoms with van der Waals surface area (Å²) < 4.78 is 5.97. The third-order valence-electron chi connectivity index (χ3n) is 3.40. The van der Waals surface area contributed by atoms with Crippen molar-refractivity contribution in [2.24, 2.45) is 0 Å². The standard InChI is InChI=1S/C17H17NO/c1-12-8-9-15-14(10-12)11-16(19-15)17(18-2)13-6-4-3-5-7-13/h3-11,17-18H,1-2H3. The van der Waals surface area contributed by atoms with Gasteiger partial charge in [0.2, 0.25) is 0 Å². The minimum Gasteiger partial charge on any atom is -0.459 e. The number of rotatable bonds is 3. The summed E-state index contributed by atoms with van der Waals surface area (Å²) in [5.74, 6) is 0.953. The van der Waals surface area contributed by atoms with Gasteiger partial charge in [0.1, 0.15) is 11.3 Å². The van der Waals surface area contributed by atoms with Gasteiger partial charge in [0.15, 0.2) is 0 Å². The van der Waals surface area contributed by atoms with Crippen molar-refractivity contribution in [2.45, 2.75) is 13.0 Å². The van der Waals surface area contributed by atoms with Crippen molar-refractivity contribution in [3.05, 3.63) is 71.5 Å². The van der Waals surface area contributed by atoms with Crippen molar-refractivity contribution in [3.63, 3.8) is 0 Å². The first-order valence-electron chi connectivity index (χ1n) is 6.50. The lowest BCUT2D eigenvalue weighted by atomic mass is 10.0. The van der Waals surface area contributed by atoms with E-state index in [1.54, 1.807) is 0 Å². The van der Waals surface area contributed by atoms with Crippen LogP contribution in [0.3, 0.4) is 0 Å². The van der Waals surface area contributed by atoms with Crippen LogP contribution < -0.4 is 5.32 Å². The maximum absolute atomic E-state index is 5.97. The van der Waals surface area contributed by atoms with E-state index >= 15 is 0 Å². The molecule has 0 spiro atoms. The van der Waals surface area contributed by atoms with Gasteiger partial charge in [-0.05, 0) is 37.7 Å². The van der Waals surface area contributed by atoms with Crippen LogP contribution in [0.5, 0.6) is 0 Å². The number of furan rings is 1. The quantitative estimate of drug-likeness (QED) is 0.759. The Morgan fingerprint density at radius 1 is 1.00 bits per heavy atom. The lowest BCUT2D eigenvalue weighted by Crippen LogP contribution is -2.16. The maximum atomic E-state index is 5.97. The molecule has 1 aromatic heterocycles. The first kappa shape index (κ1) is 12.0. The minimum atomic E-state index is 0.0916. The van der Waals surface area contributed by atoms with Crippen LogP contribution in [0.15, 0.2) is 59.0 Å². The summed E-state index contributed by atoms with van der Waals surface area (Å²) in [5.41, 5.74) is 3.40. The summed E-state index contributed by atoms with van der Waals surface area (Å²) >= 11 is 0. The molecule has 0 aliphatic carbocycles. The van der Waals surface area contributed by atoms with E-state index in [0.717, 1.165) is 16.7 Å².